The van der Waals surface area contributed by atoms with Crippen LogP contribution in [0.25, 0.3) is 0 Å². The second-order valence-corrected chi connectivity index (χ2v) is 10.4. The van der Waals surface area contributed by atoms with E-state index in [0.29, 0.717) is 45.6 Å². The minimum atomic E-state index is -0.902. The van der Waals surface area contributed by atoms with Gasteiger partial charge in [-0.3, -0.25) is 19.3 Å². The molecule has 2 atom stereocenters. The van der Waals surface area contributed by atoms with Crippen molar-refractivity contribution < 1.29 is 29.4 Å². The molecule has 206 valence electrons. The number of carboxylic acid groups (broad SMARTS) is 2. The number of piperazine rings is 1. The number of nitrogens with zero attached hydrogens (tertiary/aromatic N) is 3. The van der Waals surface area contributed by atoms with Crippen molar-refractivity contribution in [1.82, 2.24) is 20.0 Å². The number of aliphatic carboxylic acids is 1. The fourth-order valence-corrected chi connectivity index (χ4v) is 4.60. The fraction of sp³-hybridized carbons (Fsp3) is 0.615. The maximum Gasteiger partial charge on any atom is 0.407 e. The van der Waals surface area contributed by atoms with Gasteiger partial charge in [-0.15, -0.1) is 0 Å². The molecule has 2 heterocycles. The fourth-order valence-electron chi connectivity index (χ4n) is 4.60. The number of hydrogen-bond donors (Lipinski definition) is 4. The first-order valence-electron chi connectivity index (χ1n) is 12.7. The average molecular weight is 520 g/mol. The standard InChI is InChI=1S/C15H20N2O3.C11H21N3O3/c18-14(8-4-7-13-5-2-1-3-6-13)16-9-11-17(12-10-16)15(19)20;1-11(2,3)14-6-7(13-9(15)5-12)4-8(14)10(16)17/h1-3,5-6H,4,7-12H2,(H,19,20);7-8H,4-6,12H2,1-3H3,(H,13,15)(H,16,17)/t;7-,8+/m.1/s1. The summed E-state index contributed by atoms with van der Waals surface area (Å²) < 4.78 is 0. The Hall–Kier alpha value is -3.18. The summed E-state index contributed by atoms with van der Waals surface area (Å²) in [6, 6.07) is 9.44. The topological polar surface area (TPSA) is 157 Å². The molecule has 0 aromatic heterocycles. The van der Waals surface area contributed by atoms with E-state index in [0.717, 1.165) is 12.8 Å². The molecule has 0 spiro atoms. The predicted molar refractivity (Wildman–Crippen MR) is 139 cm³/mol. The highest BCUT2D eigenvalue weighted by Gasteiger charge is 2.42. The molecule has 2 saturated heterocycles. The van der Waals surface area contributed by atoms with Crippen molar-refractivity contribution in [3.8, 4) is 0 Å². The Labute approximate surface area is 218 Å². The number of aryl methyl sites for hydroxylation is 1. The zero-order chi connectivity index (χ0) is 27.6. The van der Waals surface area contributed by atoms with Crippen molar-refractivity contribution in [2.75, 3.05) is 39.3 Å². The Morgan fingerprint density at radius 1 is 1.00 bits per heavy atom. The Bertz CT molecular complexity index is 912. The number of benzene rings is 1. The van der Waals surface area contributed by atoms with Crippen LogP contribution < -0.4 is 11.1 Å². The molecular formula is C26H41N5O6. The molecule has 0 bridgehead atoms. The van der Waals surface area contributed by atoms with E-state index in [4.69, 9.17) is 10.8 Å². The number of rotatable bonds is 7. The van der Waals surface area contributed by atoms with Gasteiger partial charge >= 0.3 is 12.1 Å². The van der Waals surface area contributed by atoms with Crippen molar-refractivity contribution in [3.63, 3.8) is 0 Å². The summed E-state index contributed by atoms with van der Waals surface area (Å²) in [6.07, 6.45) is 1.80. The lowest BCUT2D eigenvalue weighted by atomic mass is 10.0. The first kappa shape index (κ1) is 30.0. The van der Waals surface area contributed by atoms with E-state index in [1.807, 2.05) is 43.9 Å². The lowest BCUT2D eigenvalue weighted by Crippen LogP contribution is -2.50. The SMILES string of the molecule is CC(C)(C)N1C[C@H](NC(=O)CN)C[C@H]1C(=O)O.O=C(O)N1CCN(C(=O)CCCc2ccccc2)CC1. The summed E-state index contributed by atoms with van der Waals surface area (Å²) in [5.74, 6) is -0.953. The van der Waals surface area contributed by atoms with Gasteiger partial charge in [0, 0.05) is 50.7 Å². The molecule has 0 unspecified atom stereocenters. The third-order valence-electron chi connectivity index (χ3n) is 6.60. The van der Waals surface area contributed by atoms with Crippen molar-refractivity contribution in [1.29, 1.82) is 0 Å². The molecule has 1 aromatic carbocycles. The van der Waals surface area contributed by atoms with E-state index < -0.39 is 18.1 Å². The number of carbonyl (C=O) groups is 4. The predicted octanol–water partition coefficient (Wildman–Crippen LogP) is 1.22. The van der Waals surface area contributed by atoms with Crippen LogP contribution in [0.15, 0.2) is 30.3 Å². The highest BCUT2D eigenvalue weighted by atomic mass is 16.4. The molecule has 3 amide bonds. The molecule has 2 aliphatic heterocycles. The molecule has 0 radical (unpaired) electrons. The van der Waals surface area contributed by atoms with Gasteiger partial charge in [0.2, 0.25) is 11.8 Å². The maximum absolute atomic E-state index is 12.0. The Kier molecular flexibility index (Phi) is 11.3. The van der Waals surface area contributed by atoms with E-state index in [-0.39, 0.29) is 29.9 Å². The number of likely N-dealkylation sites (tertiary alicyclic amines) is 1. The molecule has 2 fully saturated rings. The molecule has 2 aliphatic rings. The van der Waals surface area contributed by atoms with E-state index in [9.17, 15) is 24.3 Å². The molecule has 37 heavy (non-hydrogen) atoms. The van der Waals surface area contributed by atoms with Crippen LogP contribution >= 0.6 is 0 Å². The summed E-state index contributed by atoms with van der Waals surface area (Å²) in [5, 5.41) is 20.8. The van der Waals surface area contributed by atoms with Gasteiger partial charge in [0.05, 0.1) is 6.54 Å². The zero-order valence-electron chi connectivity index (χ0n) is 22.1. The number of amides is 3. The molecule has 11 nitrogen and oxygen atoms in total. The van der Waals surface area contributed by atoms with Crippen LogP contribution in [0.5, 0.6) is 0 Å². The quantitative estimate of drug-likeness (QED) is 0.419. The highest BCUT2D eigenvalue weighted by Crippen LogP contribution is 2.26. The highest BCUT2D eigenvalue weighted by molar-refractivity contribution is 5.79. The van der Waals surface area contributed by atoms with Crippen LogP contribution in [0.1, 0.15) is 45.6 Å². The summed E-state index contributed by atoms with van der Waals surface area (Å²) in [7, 11) is 0. The molecular weight excluding hydrogens is 478 g/mol. The van der Waals surface area contributed by atoms with Gasteiger partial charge in [0.1, 0.15) is 6.04 Å². The molecule has 0 saturated carbocycles. The number of nitrogens with one attached hydrogen (secondary N) is 1. The van der Waals surface area contributed by atoms with E-state index in [2.05, 4.69) is 17.4 Å². The van der Waals surface area contributed by atoms with Gasteiger partial charge in [-0.05, 0) is 45.6 Å². The van der Waals surface area contributed by atoms with Crippen LogP contribution in [-0.4, -0.2) is 106 Å². The van der Waals surface area contributed by atoms with Crippen LogP contribution in [0, 0.1) is 0 Å². The van der Waals surface area contributed by atoms with E-state index in [1.54, 1.807) is 4.90 Å². The van der Waals surface area contributed by atoms with Gasteiger partial charge < -0.3 is 31.1 Å². The smallest absolute Gasteiger partial charge is 0.407 e. The molecule has 1 aromatic rings. The minimum Gasteiger partial charge on any atom is -0.480 e. The Morgan fingerprint density at radius 2 is 1.59 bits per heavy atom. The lowest BCUT2D eigenvalue weighted by molar-refractivity contribution is -0.144. The van der Waals surface area contributed by atoms with Crippen molar-refractivity contribution >= 4 is 23.9 Å². The summed E-state index contributed by atoms with van der Waals surface area (Å²) in [6.45, 7) is 8.24. The normalized spacial score (nSPS) is 20.1. The summed E-state index contributed by atoms with van der Waals surface area (Å²) in [5.41, 5.74) is 6.24. The van der Waals surface area contributed by atoms with Gasteiger partial charge in [0.15, 0.2) is 0 Å². The van der Waals surface area contributed by atoms with Crippen LogP contribution in [0.3, 0.4) is 0 Å². The minimum absolute atomic E-state index is 0.0657. The van der Waals surface area contributed by atoms with Crippen LogP contribution in [-0.2, 0) is 20.8 Å². The number of hydrogen-bond acceptors (Lipinski definition) is 6. The van der Waals surface area contributed by atoms with Crippen LogP contribution in [0.2, 0.25) is 0 Å². The maximum atomic E-state index is 12.0. The Balaban J connectivity index is 0.000000264. The van der Waals surface area contributed by atoms with Gasteiger partial charge in [-0.1, -0.05) is 30.3 Å². The van der Waals surface area contributed by atoms with Gasteiger partial charge in [-0.25, -0.2) is 4.79 Å². The first-order chi connectivity index (χ1) is 17.4. The number of nitrogens with two attached hydrogens (primary N) is 1. The van der Waals surface area contributed by atoms with E-state index in [1.165, 1.54) is 10.5 Å². The Morgan fingerprint density at radius 3 is 2.08 bits per heavy atom. The monoisotopic (exact) mass is 519 g/mol. The lowest BCUT2D eigenvalue weighted by Gasteiger charge is -2.34. The van der Waals surface area contributed by atoms with Gasteiger partial charge in [0.25, 0.3) is 0 Å². The molecule has 3 rings (SSSR count). The van der Waals surface area contributed by atoms with Crippen molar-refractivity contribution in [2.24, 2.45) is 5.73 Å². The largest absolute Gasteiger partial charge is 0.480 e. The van der Waals surface area contributed by atoms with Crippen molar-refractivity contribution in [3.05, 3.63) is 35.9 Å². The van der Waals surface area contributed by atoms with Crippen molar-refractivity contribution in [2.45, 2.75) is 64.1 Å². The molecule has 11 heteroatoms. The number of carbonyl (C=O) groups excluding carboxylic acids is 2. The summed E-state index contributed by atoms with van der Waals surface area (Å²) in [4.78, 5) is 50.2. The third kappa shape index (κ3) is 9.66. The number of carboxylic acids is 1. The first-order valence-corrected chi connectivity index (χ1v) is 12.7. The average Bonchev–Trinajstić information content (AvgIpc) is 3.30. The van der Waals surface area contributed by atoms with Crippen LogP contribution in [0.4, 0.5) is 4.79 Å². The van der Waals surface area contributed by atoms with Gasteiger partial charge in [-0.2, -0.15) is 0 Å². The molecule has 5 N–H and O–H groups in total. The third-order valence-corrected chi connectivity index (χ3v) is 6.60. The second-order valence-electron chi connectivity index (χ2n) is 10.4. The molecule has 0 aliphatic carbocycles. The second kappa shape index (κ2) is 13.9. The van der Waals surface area contributed by atoms with E-state index >= 15 is 0 Å². The summed E-state index contributed by atoms with van der Waals surface area (Å²) >= 11 is 0. The zero-order valence-corrected chi connectivity index (χ0v) is 22.1.